The number of hydrogen-bond donors (Lipinski definition) is 1. The summed E-state index contributed by atoms with van der Waals surface area (Å²) in [7, 11) is 0. The smallest absolute Gasteiger partial charge is 0.303 e. The SMILES string of the molecule is CC(C)CCCCC(=O)O.[Cr]. The Morgan fingerprint density at radius 1 is 1.36 bits per heavy atom. The molecular weight excluding hydrogens is 180 g/mol. The van der Waals surface area contributed by atoms with Crippen LogP contribution in [0.25, 0.3) is 0 Å². The van der Waals surface area contributed by atoms with Crippen molar-refractivity contribution in [2.45, 2.75) is 39.5 Å². The molecule has 1 N–H and O–H groups in total. The van der Waals surface area contributed by atoms with Gasteiger partial charge < -0.3 is 5.11 Å². The van der Waals surface area contributed by atoms with Gasteiger partial charge in [-0.15, -0.1) is 0 Å². The molecule has 0 bridgehead atoms. The third kappa shape index (κ3) is 13.1. The fourth-order valence-corrected chi connectivity index (χ4v) is 0.829. The molecule has 11 heavy (non-hydrogen) atoms. The van der Waals surface area contributed by atoms with Gasteiger partial charge in [-0.2, -0.15) is 0 Å². The summed E-state index contributed by atoms with van der Waals surface area (Å²) in [5.41, 5.74) is 0. The monoisotopic (exact) mass is 196 g/mol. The molecule has 0 aromatic heterocycles. The van der Waals surface area contributed by atoms with E-state index in [1.807, 2.05) is 0 Å². The number of carboxylic acids is 1. The van der Waals surface area contributed by atoms with Crippen LogP contribution >= 0.6 is 0 Å². The van der Waals surface area contributed by atoms with E-state index in [1.165, 1.54) is 0 Å². The van der Waals surface area contributed by atoms with E-state index in [-0.39, 0.29) is 17.4 Å². The molecule has 0 aromatic rings. The minimum Gasteiger partial charge on any atom is -0.481 e. The number of carboxylic acid groups (broad SMARTS) is 1. The van der Waals surface area contributed by atoms with E-state index in [0.29, 0.717) is 12.3 Å². The number of unbranched alkanes of at least 4 members (excludes halogenated alkanes) is 1. The van der Waals surface area contributed by atoms with Gasteiger partial charge in [0.25, 0.3) is 0 Å². The van der Waals surface area contributed by atoms with Gasteiger partial charge in [0.15, 0.2) is 0 Å². The predicted molar refractivity (Wildman–Crippen MR) is 40.9 cm³/mol. The zero-order valence-electron chi connectivity index (χ0n) is 7.17. The van der Waals surface area contributed by atoms with Crippen LogP contribution in [-0.2, 0) is 22.2 Å². The number of carbonyl (C=O) groups is 1. The van der Waals surface area contributed by atoms with Crippen LogP contribution < -0.4 is 0 Å². The minimum absolute atomic E-state index is 0. The second-order valence-electron chi connectivity index (χ2n) is 3.03. The number of hydrogen-bond acceptors (Lipinski definition) is 1. The normalized spacial score (nSPS) is 9.36. The summed E-state index contributed by atoms with van der Waals surface area (Å²) in [4.78, 5) is 10.0. The van der Waals surface area contributed by atoms with Crippen molar-refractivity contribution in [2.24, 2.45) is 5.92 Å². The molecule has 0 atom stereocenters. The fourth-order valence-electron chi connectivity index (χ4n) is 0.829. The summed E-state index contributed by atoms with van der Waals surface area (Å²) >= 11 is 0. The van der Waals surface area contributed by atoms with Crippen molar-refractivity contribution in [3.63, 3.8) is 0 Å². The van der Waals surface area contributed by atoms with Crippen LogP contribution in [0, 0.1) is 5.92 Å². The second-order valence-corrected chi connectivity index (χ2v) is 3.03. The molecule has 0 aliphatic rings. The molecule has 0 heterocycles. The summed E-state index contributed by atoms with van der Waals surface area (Å²) in [6.07, 6.45) is 3.34. The number of aliphatic carboxylic acids is 1. The molecule has 0 saturated heterocycles. The molecule has 0 aromatic carbocycles. The van der Waals surface area contributed by atoms with Crippen molar-refractivity contribution in [3.8, 4) is 0 Å². The van der Waals surface area contributed by atoms with Crippen molar-refractivity contribution in [1.82, 2.24) is 0 Å². The topological polar surface area (TPSA) is 37.3 Å². The fraction of sp³-hybridized carbons (Fsp3) is 0.875. The van der Waals surface area contributed by atoms with E-state index < -0.39 is 5.97 Å². The Labute approximate surface area is 79.1 Å². The third-order valence-corrected chi connectivity index (χ3v) is 1.42. The van der Waals surface area contributed by atoms with Crippen molar-refractivity contribution in [3.05, 3.63) is 0 Å². The van der Waals surface area contributed by atoms with Gasteiger partial charge in [0, 0.05) is 23.8 Å². The van der Waals surface area contributed by atoms with E-state index in [4.69, 9.17) is 5.11 Å². The Morgan fingerprint density at radius 2 is 1.91 bits per heavy atom. The second kappa shape index (κ2) is 8.10. The quantitative estimate of drug-likeness (QED) is 0.685. The Morgan fingerprint density at radius 3 is 2.27 bits per heavy atom. The van der Waals surface area contributed by atoms with Gasteiger partial charge >= 0.3 is 5.97 Å². The van der Waals surface area contributed by atoms with Crippen LogP contribution in [0.3, 0.4) is 0 Å². The maximum absolute atomic E-state index is 10.0. The van der Waals surface area contributed by atoms with Gasteiger partial charge in [0.05, 0.1) is 0 Å². The van der Waals surface area contributed by atoms with Crippen LogP contribution in [0.2, 0.25) is 0 Å². The van der Waals surface area contributed by atoms with Crippen molar-refractivity contribution in [1.29, 1.82) is 0 Å². The average Bonchev–Trinajstić information content (AvgIpc) is 1.79. The first kappa shape index (κ1) is 13.6. The van der Waals surface area contributed by atoms with Crippen LogP contribution in [0.4, 0.5) is 0 Å². The summed E-state index contributed by atoms with van der Waals surface area (Å²) in [5.74, 6) is 0.0255. The van der Waals surface area contributed by atoms with Gasteiger partial charge in [-0.25, -0.2) is 0 Å². The molecule has 2 nitrogen and oxygen atoms in total. The van der Waals surface area contributed by atoms with Gasteiger partial charge in [0.2, 0.25) is 0 Å². The van der Waals surface area contributed by atoms with E-state index in [1.54, 1.807) is 0 Å². The van der Waals surface area contributed by atoms with Crippen LogP contribution in [-0.4, -0.2) is 11.1 Å². The molecule has 0 rings (SSSR count). The first-order valence-electron chi connectivity index (χ1n) is 3.84. The van der Waals surface area contributed by atoms with E-state index >= 15 is 0 Å². The van der Waals surface area contributed by atoms with Crippen molar-refractivity contribution >= 4 is 5.97 Å². The molecule has 66 valence electrons. The summed E-state index contributed by atoms with van der Waals surface area (Å²) in [6.45, 7) is 4.31. The molecular formula is C8H16CrO2. The first-order chi connectivity index (χ1) is 4.63. The first-order valence-corrected chi connectivity index (χ1v) is 3.84. The molecule has 0 unspecified atom stereocenters. The Hall–Kier alpha value is 0.00247. The molecule has 0 aliphatic heterocycles. The molecule has 0 spiro atoms. The standard InChI is InChI=1S/C8H16O2.Cr/c1-7(2)5-3-4-6-8(9)10;/h7H,3-6H2,1-2H3,(H,9,10);. The third-order valence-electron chi connectivity index (χ3n) is 1.42. The molecule has 3 heteroatoms. The summed E-state index contributed by atoms with van der Waals surface area (Å²) in [5, 5.41) is 8.28. The predicted octanol–water partition coefficient (Wildman–Crippen LogP) is 2.28. The minimum atomic E-state index is -0.677. The Bertz CT molecular complexity index is 102. The van der Waals surface area contributed by atoms with E-state index in [2.05, 4.69) is 13.8 Å². The van der Waals surface area contributed by atoms with Gasteiger partial charge in [-0.05, 0) is 12.3 Å². The van der Waals surface area contributed by atoms with E-state index in [9.17, 15) is 4.79 Å². The van der Waals surface area contributed by atoms with Gasteiger partial charge in [-0.1, -0.05) is 26.7 Å². The van der Waals surface area contributed by atoms with Crippen LogP contribution in [0.15, 0.2) is 0 Å². The van der Waals surface area contributed by atoms with Gasteiger partial charge in [0.1, 0.15) is 0 Å². The van der Waals surface area contributed by atoms with Gasteiger partial charge in [-0.3, -0.25) is 4.79 Å². The molecule has 0 aliphatic carbocycles. The summed E-state index contributed by atoms with van der Waals surface area (Å²) < 4.78 is 0. The Kier molecular flexibility index (Phi) is 10.0. The largest absolute Gasteiger partial charge is 0.481 e. The van der Waals surface area contributed by atoms with E-state index in [0.717, 1.165) is 19.3 Å². The number of rotatable bonds is 5. The maximum atomic E-state index is 10.0. The van der Waals surface area contributed by atoms with Crippen LogP contribution in [0.5, 0.6) is 0 Å². The molecule has 0 fully saturated rings. The average molecular weight is 196 g/mol. The maximum Gasteiger partial charge on any atom is 0.303 e. The van der Waals surface area contributed by atoms with Crippen molar-refractivity contribution < 1.29 is 27.3 Å². The zero-order chi connectivity index (χ0) is 7.98. The molecule has 0 amide bonds. The van der Waals surface area contributed by atoms with Crippen molar-refractivity contribution in [2.75, 3.05) is 0 Å². The van der Waals surface area contributed by atoms with Crippen LogP contribution in [0.1, 0.15) is 39.5 Å². The zero-order valence-corrected chi connectivity index (χ0v) is 8.44. The Balaban J connectivity index is 0. The molecule has 0 saturated carbocycles. The molecule has 0 radical (unpaired) electrons. The summed E-state index contributed by atoms with van der Waals surface area (Å²) in [6, 6.07) is 0.